The molecule has 0 bridgehead atoms. The first-order chi connectivity index (χ1) is 9.31. The van der Waals surface area contributed by atoms with Crippen molar-refractivity contribution in [2.24, 2.45) is 5.92 Å². The minimum absolute atomic E-state index is 0.0717. The Hall–Kier alpha value is -2.02. The standard InChI is InChI=1S/C13H17FN2O4/c1-8(2)5-11(13(17)18)15-7-9-6-10(14)3-4-12(9)16(19)20/h3-4,6,8,11,15H,5,7H2,1-2H3,(H,17,18). The van der Waals surface area contributed by atoms with Gasteiger partial charge in [0.05, 0.1) is 4.92 Å². The van der Waals surface area contributed by atoms with Crippen LogP contribution >= 0.6 is 0 Å². The summed E-state index contributed by atoms with van der Waals surface area (Å²) < 4.78 is 13.1. The molecule has 1 aromatic carbocycles. The van der Waals surface area contributed by atoms with Gasteiger partial charge in [-0.05, 0) is 24.5 Å². The van der Waals surface area contributed by atoms with Gasteiger partial charge in [-0.25, -0.2) is 4.39 Å². The SMILES string of the molecule is CC(C)CC(NCc1cc(F)ccc1[N+](=O)[O-])C(=O)O. The first-order valence-corrected chi connectivity index (χ1v) is 6.20. The molecule has 0 radical (unpaired) electrons. The zero-order valence-electron chi connectivity index (χ0n) is 11.3. The summed E-state index contributed by atoms with van der Waals surface area (Å²) in [5.41, 5.74) is -0.0995. The summed E-state index contributed by atoms with van der Waals surface area (Å²) in [4.78, 5) is 21.3. The molecular weight excluding hydrogens is 267 g/mol. The summed E-state index contributed by atoms with van der Waals surface area (Å²) in [5.74, 6) is -1.47. The first kappa shape index (κ1) is 16.0. The van der Waals surface area contributed by atoms with E-state index in [4.69, 9.17) is 5.11 Å². The summed E-state index contributed by atoms with van der Waals surface area (Å²) in [6, 6.07) is 2.30. The molecule has 0 saturated carbocycles. The lowest BCUT2D eigenvalue weighted by atomic mass is 10.0. The lowest BCUT2D eigenvalue weighted by Crippen LogP contribution is -2.37. The van der Waals surface area contributed by atoms with Gasteiger partial charge in [0.15, 0.2) is 0 Å². The van der Waals surface area contributed by atoms with E-state index in [1.54, 1.807) is 0 Å². The van der Waals surface area contributed by atoms with Gasteiger partial charge in [-0.3, -0.25) is 14.9 Å². The number of carboxylic acids is 1. The largest absolute Gasteiger partial charge is 0.480 e. The summed E-state index contributed by atoms with van der Waals surface area (Å²) in [5, 5.41) is 22.6. The van der Waals surface area contributed by atoms with Crippen molar-refractivity contribution in [3.8, 4) is 0 Å². The Labute approximate surface area is 115 Å². The number of benzene rings is 1. The zero-order valence-corrected chi connectivity index (χ0v) is 11.3. The van der Waals surface area contributed by atoms with Crippen LogP contribution in [0, 0.1) is 21.8 Å². The number of carboxylic acid groups (broad SMARTS) is 1. The van der Waals surface area contributed by atoms with E-state index in [2.05, 4.69) is 5.32 Å². The van der Waals surface area contributed by atoms with E-state index in [1.807, 2.05) is 13.8 Å². The highest BCUT2D eigenvalue weighted by atomic mass is 19.1. The monoisotopic (exact) mass is 284 g/mol. The van der Waals surface area contributed by atoms with Gasteiger partial charge in [-0.2, -0.15) is 0 Å². The average molecular weight is 284 g/mol. The van der Waals surface area contributed by atoms with E-state index >= 15 is 0 Å². The number of hydrogen-bond donors (Lipinski definition) is 2. The van der Waals surface area contributed by atoms with Crippen molar-refractivity contribution in [3.63, 3.8) is 0 Å². The predicted molar refractivity (Wildman–Crippen MR) is 70.8 cm³/mol. The van der Waals surface area contributed by atoms with Crippen molar-refractivity contribution < 1.29 is 19.2 Å². The number of nitro benzene ring substituents is 1. The number of halogens is 1. The maximum Gasteiger partial charge on any atom is 0.320 e. The van der Waals surface area contributed by atoms with Crippen LogP contribution in [0.4, 0.5) is 10.1 Å². The maximum absolute atomic E-state index is 13.1. The van der Waals surface area contributed by atoms with Crippen LogP contribution < -0.4 is 5.32 Å². The summed E-state index contributed by atoms with van der Waals surface area (Å²) in [6.45, 7) is 3.68. The molecule has 0 heterocycles. The van der Waals surface area contributed by atoms with Crippen LogP contribution in [0.25, 0.3) is 0 Å². The molecule has 0 amide bonds. The molecule has 0 saturated heterocycles. The Balaban J connectivity index is 2.84. The highest BCUT2D eigenvalue weighted by molar-refractivity contribution is 5.73. The lowest BCUT2D eigenvalue weighted by Gasteiger charge is -2.16. The molecule has 1 aromatic rings. The molecule has 20 heavy (non-hydrogen) atoms. The first-order valence-electron chi connectivity index (χ1n) is 6.20. The predicted octanol–water partition coefficient (Wildman–Crippen LogP) is 2.32. The third kappa shape index (κ3) is 4.58. The fraction of sp³-hybridized carbons (Fsp3) is 0.462. The van der Waals surface area contributed by atoms with Crippen LogP contribution in [0.1, 0.15) is 25.8 Å². The van der Waals surface area contributed by atoms with Crippen LogP contribution in [-0.2, 0) is 11.3 Å². The second-order valence-corrected chi connectivity index (χ2v) is 4.93. The van der Waals surface area contributed by atoms with Crippen LogP contribution in [0.15, 0.2) is 18.2 Å². The number of rotatable bonds is 7. The van der Waals surface area contributed by atoms with Gasteiger partial charge >= 0.3 is 5.97 Å². The zero-order chi connectivity index (χ0) is 15.3. The molecule has 1 atom stereocenters. The second kappa shape index (κ2) is 6.95. The fourth-order valence-electron chi connectivity index (χ4n) is 1.85. The molecule has 0 aromatic heterocycles. The quantitative estimate of drug-likeness (QED) is 0.592. The van der Waals surface area contributed by atoms with Gasteiger partial charge in [0, 0.05) is 18.2 Å². The molecular formula is C13H17FN2O4. The van der Waals surface area contributed by atoms with E-state index in [1.165, 1.54) is 0 Å². The smallest absolute Gasteiger partial charge is 0.320 e. The Morgan fingerprint density at radius 3 is 2.65 bits per heavy atom. The second-order valence-electron chi connectivity index (χ2n) is 4.93. The molecule has 7 heteroatoms. The summed E-state index contributed by atoms with van der Waals surface area (Å²) in [6.07, 6.45) is 0.387. The molecule has 1 rings (SSSR count). The third-order valence-corrected chi connectivity index (χ3v) is 2.78. The number of nitrogens with zero attached hydrogens (tertiary/aromatic N) is 1. The molecule has 0 spiro atoms. The third-order valence-electron chi connectivity index (χ3n) is 2.78. The van der Waals surface area contributed by atoms with Crippen LogP contribution in [0.2, 0.25) is 0 Å². The van der Waals surface area contributed by atoms with E-state index in [0.717, 1.165) is 18.2 Å². The molecule has 2 N–H and O–H groups in total. The number of nitro groups is 1. The molecule has 0 aliphatic rings. The molecule has 0 aliphatic heterocycles. The molecule has 0 aliphatic carbocycles. The van der Waals surface area contributed by atoms with Gasteiger partial charge in [0.2, 0.25) is 0 Å². The number of aliphatic carboxylic acids is 1. The number of carbonyl (C=O) groups is 1. The van der Waals surface area contributed by atoms with Crippen molar-refractivity contribution in [3.05, 3.63) is 39.7 Å². The maximum atomic E-state index is 13.1. The van der Waals surface area contributed by atoms with Crippen molar-refractivity contribution in [2.75, 3.05) is 0 Å². The molecule has 110 valence electrons. The molecule has 0 fully saturated rings. The van der Waals surface area contributed by atoms with Crippen molar-refractivity contribution in [1.29, 1.82) is 0 Å². The normalized spacial score (nSPS) is 12.4. The van der Waals surface area contributed by atoms with Gasteiger partial charge < -0.3 is 10.4 Å². The summed E-state index contributed by atoms with van der Waals surface area (Å²) in [7, 11) is 0. The van der Waals surface area contributed by atoms with Gasteiger partial charge in [0.25, 0.3) is 5.69 Å². The van der Waals surface area contributed by atoms with E-state index < -0.39 is 22.8 Å². The van der Waals surface area contributed by atoms with E-state index in [9.17, 15) is 19.3 Å². The van der Waals surface area contributed by atoms with Crippen molar-refractivity contribution in [2.45, 2.75) is 32.9 Å². The lowest BCUT2D eigenvalue weighted by molar-refractivity contribution is -0.385. The highest BCUT2D eigenvalue weighted by Crippen LogP contribution is 2.19. The fourth-order valence-corrected chi connectivity index (χ4v) is 1.85. The van der Waals surface area contributed by atoms with Crippen molar-refractivity contribution in [1.82, 2.24) is 5.32 Å². The Bertz CT molecular complexity index is 505. The topological polar surface area (TPSA) is 92.5 Å². The minimum atomic E-state index is -1.03. The summed E-state index contributed by atoms with van der Waals surface area (Å²) >= 11 is 0. The van der Waals surface area contributed by atoms with E-state index in [-0.39, 0.29) is 23.7 Å². The molecule has 1 unspecified atom stereocenters. The van der Waals surface area contributed by atoms with Crippen LogP contribution in [-0.4, -0.2) is 22.0 Å². The Kier molecular flexibility index (Phi) is 5.57. The molecule has 6 nitrogen and oxygen atoms in total. The van der Waals surface area contributed by atoms with Crippen molar-refractivity contribution >= 4 is 11.7 Å². The Morgan fingerprint density at radius 2 is 2.15 bits per heavy atom. The Morgan fingerprint density at radius 1 is 1.50 bits per heavy atom. The number of hydrogen-bond acceptors (Lipinski definition) is 4. The van der Waals surface area contributed by atoms with Crippen LogP contribution in [0.5, 0.6) is 0 Å². The number of nitrogens with one attached hydrogen (secondary N) is 1. The minimum Gasteiger partial charge on any atom is -0.480 e. The highest BCUT2D eigenvalue weighted by Gasteiger charge is 2.20. The van der Waals surface area contributed by atoms with Gasteiger partial charge in [-0.1, -0.05) is 13.8 Å². The van der Waals surface area contributed by atoms with Crippen LogP contribution in [0.3, 0.4) is 0 Å². The van der Waals surface area contributed by atoms with E-state index in [0.29, 0.717) is 6.42 Å². The van der Waals surface area contributed by atoms with Gasteiger partial charge in [-0.15, -0.1) is 0 Å². The van der Waals surface area contributed by atoms with Gasteiger partial charge in [0.1, 0.15) is 11.9 Å². The average Bonchev–Trinajstić information content (AvgIpc) is 2.33.